The van der Waals surface area contributed by atoms with Crippen LogP contribution in [-0.2, 0) is 0 Å². The van der Waals surface area contributed by atoms with Gasteiger partial charge in [0.15, 0.2) is 0 Å². The molecule has 86 valence electrons. The number of aromatic nitrogens is 2. The maximum Gasteiger partial charge on any atom is 0.0960 e. The molecule has 3 N–H and O–H groups in total. The van der Waals surface area contributed by atoms with Gasteiger partial charge in [-0.05, 0) is 19.9 Å². The second-order valence-electron chi connectivity index (χ2n) is 4.21. The molecule has 0 aliphatic rings. The number of imidazole rings is 1. The van der Waals surface area contributed by atoms with Crippen LogP contribution in [0.4, 0.5) is 0 Å². The van der Waals surface area contributed by atoms with Crippen molar-refractivity contribution in [3.63, 3.8) is 0 Å². The molecule has 0 amide bonds. The number of para-hydroxylation sites is 1. The van der Waals surface area contributed by atoms with Crippen molar-refractivity contribution in [1.29, 1.82) is 0 Å². The first-order valence-corrected chi connectivity index (χ1v) is 5.48. The minimum atomic E-state index is -0.627. The molecule has 2 aromatic rings. The Balaban J connectivity index is 2.68. The molecule has 4 heteroatoms. The molecular formula is C12H17N3O. The molecule has 0 spiro atoms. The zero-order valence-electron chi connectivity index (χ0n) is 9.59. The number of rotatable bonds is 3. The second kappa shape index (κ2) is 4.23. The lowest BCUT2D eigenvalue weighted by molar-refractivity contribution is 0.188. The number of nitrogens with zero attached hydrogens (tertiary/aromatic N) is 2. The first-order valence-electron chi connectivity index (χ1n) is 5.48. The molecule has 0 fully saturated rings. The van der Waals surface area contributed by atoms with Crippen LogP contribution in [0.15, 0.2) is 24.5 Å². The van der Waals surface area contributed by atoms with E-state index in [4.69, 9.17) is 5.73 Å². The molecule has 1 heterocycles. The average molecular weight is 219 g/mol. The fraction of sp³-hybridized carbons (Fsp3) is 0.417. The number of aliphatic hydroxyl groups excluding tert-OH is 1. The predicted octanol–water partition coefficient (Wildman–Crippen LogP) is 1.61. The van der Waals surface area contributed by atoms with E-state index >= 15 is 0 Å². The minimum Gasteiger partial charge on any atom is -0.387 e. The Kier molecular flexibility index (Phi) is 2.94. The van der Waals surface area contributed by atoms with Crippen LogP contribution in [0.1, 0.15) is 31.6 Å². The van der Waals surface area contributed by atoms with Crippen LogP contribution in [0.2, 0.25) is 0 Å². The summed E-state index contributed by atoms with van der Waals surface area (Å²) in [6, 6.07) is 6.06. The number of benzene rings is 1. The molecule has 0 aliphatic carbocycles. The van der Waals surface area contributed by atoms with Gasteiger partial charge >= 0.3 is 0 Å². The molecular weight excluding hydrogens is 202 g/mol. The van der Waals surface area contributed by atoms with Gasteiger partial charge in [-0.25, -0.2) is 4.98 Å². The maximum atomic E-state index is 9.89. The summed E-state index contributed by atoms with van der Waals surface area (Å²) in [6.07, 6.45) is 1.18. The maximum absolute atomic E-state index is 9.89. The van der Waals surface area contributed by atoms with Crippen molar-refractivity contribution in [2.24, 2.45) is 5.73 Å². The predicted molar refractivity (Wildman–Crippen MR) is 64.1 cm³/mol. The molecule has 1 atom stereocenters. The Bertz CT molecular complexity index is 490. The average Bonchev–Trinajstić information content (AvgIpc) is 2.71. The van der Waals surface area contributed by atoms with Gasteiger partial charge in [0.1, 0.15) is 0 Å². The largest absolute Gasteiger partial charge is 0.387 e. The Hall–Kier alpha value is -1.39. The molecule has 0 saturated heterocycles. The summed E-state index contributed by atoms with van der Waals surface area (Å²) in [5.41, 5.74) is 8.25. The van der Waals surface area contributed by atoms with Crippen LogP contribution in [-0.4, -0.2) is 21.2 Å². The van der Waals surface area contributed by atoms with Gasteiger partial charge in [0, 0.05) is 18.2 Å². The number of hydrogen-bond acceptors (Lipinski definition) is 3. The van der Waals surface area contributed by atoms with Gasteiger partial charge < -0.3 is 15.4 Å². The molecule has 0 saturated carbocycles. The van der Waals surface area contributed by atoms with Gasteiger partial charge in [0.2, 0.25) is 0 Å². The highest BCUT2D eigenvalue weighted by atomic mass is 16.3. The van der Waals surface area contributed by atoms with Gasteiger partial charge in [0.25, 0.3) is 0 Å². The molecule has 1 unspecified atom stereocenters. The SMILES string of the molecule is CC(C)n1cnc2cccc(C(O)CN)c21. The number of aliphatic hydroxyl groups is 1. The monoisotopic (exact) mass is 219 g/mol. The quantitative estimate of drug-likeness (QED) is 0.824. The van der Waals surface area contributed by atoms with E-state index in [1.54, 1.807) is 0 Å². The summed E-state index contributed by atoms with van der Waals surface area (Å²) >= 11 is 0. The van der Waals surface area contributed by atoms with E-state index in [1.165, 1.54) is 0 Å². The minimum absolute atomic E-state index is 0.225. The van der Waals surface area contributed by atoms with E-state index in [2.05, 4.69) is 23.4 Å². The van der Waals surface area contributed by atoms with Crippen molar-refractivity contribution >= 4 is 11.0 Å². The van der Waals surface area contributed by atoms with E-state index in [9.17, 15) is 5.11 Å². The van der Waals surface area contributed by atoms with Gasteiger partial charge in [-0.2, -0.15) is 0 Å². The van der Waals surface area contributed by atoms with Gasteiger partial charge in [-0.1, -0.05) is 12.1 Å². The molecule has 2 rings (SSSR count). The van der Waals surface area contributed by atoms with Gasteiger partial charge in [-0.3, -0.25) is 0 Å². The topological polar surface area (TPSA) is 64.1 Å². The van der Waals surface area contributed by atoms with Crippen LogP contribution < -0.4 is 5.73 Å². The van der Waals surface area contributed by atoms with Crippen LogP contribution in [0.25, 0.3) is 11.0 Å². The highest BCUT2D eigenvalue weighted by Crippen LogP contribution is 2.25. The summed E-state index contributed by atoms with van der Waals surface area (Å²) in [5.74, 6) is 0. The molecule has 16 heavy (non-hydrogen) atoms. The Morgan fingerprint density at radius 1 is 1.44 bits per heavy atom. The fourth-order valence-corrected chi connectivity index (χ4v) is 1.90. The molecule has 0 aliphatic heterocycles. The van der Waals surface area contributed by atoms with E-state index in [0.29, 0.717) is 6.04 Å². The van der Waals surface area contributed by atoms with Crippen LogP contribution in [0.3, 0.4) is 0 Å². The summed E-state index contributed by atoms with van der Waals surface area (Å²) < 4.78 is 2.06. The third kappa shape index (κ3) is 1.70. The Labute approximate surface area is 94.7 Å². The lowest BCUT2D eigenvalue weighted by Gasteiger charge is -2.14. The molecule has 0 radical (unpaired) electrons. The van der Waals surface area contributed by atoms with Crippen molar-refractivity contribution in [3.8, 4) is 0 Å². The smallest absolute Gasteiger partial charge is 0.0960 e. The first-order chi connectivity index (χ1) is 7.65. The molecule has 1 aromatic heterocycles. The molecule has 0 bridgehead atoms. The van der Waals surface area contributed by atoms with E-state index < -0.39 is 6.10 Å². The highest BCUT2D eigenvalue weighted by Gasteiger charge is 2.14. The van der Waals surface area contributed by atoms with Crippen LogP contribution in [0.5, 0.6) is 0 Å². The standard InChI is InChI=1S/C12H17N3O/c1-8(2)15-7-14-10-5-3-4-9(12(10)15)11(16)6-13/h3-5,7-8,11,16H,6,13H2,1-2H3. The molecule has 4 nitrogen and oxygen atoms in total. The number of hydrogen-bond donors (Lipinski definition) is 2. The normalized spacial score (nSPS) is 13.6. The Morgan fingerprint density at radius 3 is 2.81 bits per heavy atom. The van der Waals surface area contributed by atoms with Crippen molar-refractivity contribution in [3.05, 3.63) is 30.1 Å². The second-order valence-corrected chi connectivity index (χ2v) is 4.21. The lowest BCUT2D eigenvalue weighted by Crippen LogP contribution is -2.13. The van der Waals surface area contributed by atoms with Crippen molar-refractivity contribution < 1.29 is 5.11 Å². The van der Waals surface area contributed by atoms with Crippen LogP contribution >= 0.6 is 0 Å². The number of nitrogens with two attached hydrogens (primary N) is 1. The summed E-state index contributed by atoms with van der Waals surface area (Å²) in [4.78, 5) is 4.33. The first kappa shape index (κ1) is 11.1. The van der Waals surface area contributed by atoms with Gasteiger partial charge in [-0.15, -0.1) is 0 Å². The van der Waals surface area contributed by atoms with Crippen LogP contribution in [0, 0.1) is 0 Å². The number of fused-ring (bicyclic) bond motifs is 1. The van der Waals surface area contributed by atoms with Crippen molar-refractivity contribution in [2.75, 3.05) is 6.54 Å². The third-order valence-electron chi connectivity index (χ3n) is 2.76. The summed E-state index contributed by atoms with van der Waals surface area (Å²) in [7, 11) is 0. The zero-order chi connectivity index (χ0) is 11.7. The molecule has 1 aromatic carbocycles. The lowest BCUT2D eigenvalue weighted by atomic mass is 10.1. The summed E-state index contributed by atoms with van der Waals surface area (Å²) in [5, 5.41) is 9.89. The van der Waals surface area contributed by atoms with E-state index in [0.717, 1.165) is 16.6 Å². The summed E-state index contributed by atoms with van der Waals surface area (Å²) in [6.45, 7) is 4.40. The van der Waals surface area contributed by atoms with Crippen molar-refractivity contribution in [2.45, 2.75) is 26.0 Å². The van der Waals surface area contributed by atoms with Gasteiger partial charge in [0.05, 0.1) is 23.5 Å². The highest BCUT2D eigenvalue weighted by molar-refractivity contribution is 5.79. The van der Waals surface area contributed by atoms with Crippen molar-refractivity contribution in [1.82, 2.24) is 9.55 Å². The van der Waals surface area contributed by atoms with E-state index in [-0.39, 0.29) is 6.54 Å². The zero-order valence-corrected chi connectivity index (χ0v) is 9.59. The Morgan fingerprint density at radius 2 is 2.19 bits per heavy atom. The third-order valence-corrected chi connectivity index (χ3v) is 2.76. The fourth-order valence-electron chi connectivity index (χ4n) is 1.90. The van der Waals surface area contributed by atoms with E-state index in [1.807, 2.05) is 24.5 Å².